The summed E-state index contributed by atoms with van der Waals surface area (Å²) in [5, 5.41) is 7.66. The summed E-state index contributed by atoms with van der Waals surface area (Å²) in [7, 11) is 0. The van der Waals surface area contributed by atoms with E-state index in [1.54, 1.807) is 16.0 Å². The average molecular weight is 367 g/mol. The van der Waals surface area contributed by atoms with Crippen LogP contribution in [0.15, 0.2) is 18.2 Å². The Balaban J connectivity index is 1.87. The van der Waals surface area contributed by atoms with Crippen LogP contribution in [0.1, 0.15) is 51.7 Å². The van der Waals surface area contributed by atoms with Crippen molar-refractivity contribution in [2.75, 3.05) is 5.32 Å². The summed E-state index contributed by atoms with van der Waals surface area (Å²) in [6.45, 7) is 7.99. The van der Waals surface area contributed by atoms with Gasteiger partial charge in [-0.1, -0.05) is 6.92 Å². The molecule has 4 rings (SSSR count). The highest BCUT2D eigenvalue weighted by atomic mass is 32.1. The van der Waals surface area contributed by atoms with E-state index >= 15 is 0 Å². The summed E-state index contributed by atoms with van der Waals surface area (Å²) in [4.78, 5) is 24.0. The number of aromatic nitrogens is 4. The van der Waals surface area contributed by atoms with Crippen molar-refractivity contribution in [2.24, 2.45) is 0 Å². The molecule has 1 aliphatic heterocycles. The lowest BCUT2D eigenvalue weighted by atomic mass is 9.91. The van der Waals surface area contributed by atoms with E-state index in [1.807, 2.05) is 26.8 Å². The van der Waals surface area contributed by atoms with Crippen molar-refractivity contribution in [1.82, 2.24) is 19.7 Å². The Hall–Kier alpha value is -2.54. The van der Waals surface area contributed by atoms with Crippen molar-refractivity contribution in [1.29, 1.82) is 0 Å². The fraction of sp³-hybridized carbons (Fsp3) is 0.368. The van der Waals surface area contributed by atoms with Crippen molar-refractivity contribution in [3.63, 3.8) is 0 Å². The number of thiophene rings is 1. The van der Waals surface area contributed by atoms with E-state index in [-0.39, 0.29) is 11.8 Å². The van der Waals surface area contributed by atoms with E-state index in [1.165, 1.54) is 9.75 Å². The Kier molecular flexibility index (Phi) is 4.11. The molecule has 3 aromatic heterocycles. The normalized spacial score (nSPS) is 16.5. The van der Waals surface area contributed by atoms with Crippen molar-refractivity contribution in [3.8, 4) is 5.95 Å². The van der Waals surface area contributed by atoms with Crippen LogP contribution in [0.2, 0.25) is 0 Å². The molecule has 7 heteroatoms. The van der Waals surface area contributed by atoms with Crippen molar-refractivity contribution in [2.45, 2.75) is 46.5 Å². The highest BCUT2D eigenvalue weighted by Gasteiger charge is 2.34. The number of carbonyl (C=O) groups excluding carboxylic acids is 1. The molecule has 134 valence electrons. The van der Waals surface area contributed by atoms with Gasteiger partial charge in [0.1, 0.15) is 5.82 Å². The van der Waals surface area contributed by atoms with Crippen molar-refractivity contribution < 1.29 is 4.79 Å². The topological polar surface area (TPSA) is 72.7 Å². The summed E-state index contributed by atoms with van der Waals surface area (Å²) in [6, 6.07) is 6.21. The second-order valence-corrected chi connectivity index (χ2v) is 7.87. The van der Waals surface area contributed by atoms with Crippen LogP contribution in [0.5, 0.6) is 0 Å². The molecule has 1 N–H and O–H groups in total. The van der Waals surface area contributed by atoms with Crippen LogP contribution in [0.4, 0.5) is 5.82 Å². The molecule has 0 saturated heterocycles. The summed E-state index contributed by atoms with van der Waals surface area (Å²) in [5.41, 5.74) is 3.72. The van der Waals surface area contributed by atoms with Gasteiger partial charge < -0.3 is 5.32 Å². The molecule has 26 heavy (non-hydrogen) atoms. The van der Waals surface area contributed by atoms with E-state index in [0.29, 0.717) is 18.2 Å². The van der Waals surface area contributed by atoms with Crippen LogP contribution in [-0.2, 0) is 11.2 Å². The third-order valence-electron chi connectivity index (χ3n) is 4.64. The zero-order valence-corrected chi connectivity index (χ0v) is 16.1. The summed E-state index contributed by atoms with van der Waals surface area (Å²) in [6.07, 6.45) is 1.45. The highest BCUT2D eigenvalue weighted by Crippen LogP contribution is 2.42. The third-order valence-corrected chi connectivity index (χ3v) is 5.98. The maximum absolute atomic E-state index is 12.4. The Labute approximate surface area is 156 Å². The summed E-state index contributed by atoms with van der Waals surface area (Å²) >= 11 is 1.78. The fourth-order valence-electron chi connectivity index (χ4n) is 3.51. The number of nitrogens with one attached hydrogen (secondary N) is 1. The van der Waals surface area contributed by atoms with E-state index < -0.39 is 0 Å². The lowest BCUT2D eigenvalue weighted by molar-refractivity contribution is -0.116. The number of hydrogen-bond donors (Lipinski definition) is 1. The number of fused-ring (bicyclic) bond motifs is 1. The molecular formula is C19H21N5OS. The Morgan fingerprint density at radius 1 is 1.23 bits per heavy atom. The number of carbonyl (C=O) groups is 1. The van der Waals surface area contributed by atoms with Gasteiger partial charge in [-0.25, -0.2) is 9.97 Å². The standard InChI is InChI=1S/C19H21N5OS/c1-5-13-6-7-15(26-13)14-9-16(25)22-18-17(14)12(4)23-24(18)19-20-10(2)8-11(3)21-19/h6-8,14H,5,9H2,1-4H3,(H,22,25)/t14-/m0/s1. The number of amides is 1. The molecule has 0 spiro atoms. The lowest BCUT2D eigenvalue weighted by Gasteiger charge is -2.23. The number of rotatable bonds is 3. The largest absolute Gasteiger partial charge is 0.310 e. The van der Waals surface area contributed by atoms with E-state index in [4.69, 9.17) is 0 Å². The van der Waals surface area contributed by atoms with Crippen LogP contribution in [-0.4, -0.2) is 25.7 Å². The average Bonchev–Trinajstić information content (AvgIpc) is 3.18. The SMILES string of the molecule is CCc1ccc([C@@H]2CC(=O)Nc3c2c(C)nn3-c2nc(C)cc(C)n2)s1. The molecule has 0 aromatic carbocycles. The summed E-state index contributed by atoms with van der Waals surface area (Å²) < 4.78 is 1.67. The number of anilines is 1. The van der Waals surface area contributed by atoms with Gasteiger partial charge in [0, 0.05) is 39.0 Å². The van der Waals surface area contributed by atoms with E-state index in [2.05, 4.69) is 39.4 Å². The van der Waals surface area contributed by atoms with Crippen molar-refractivity contribution >= 4 is 23.1 Å². The lowest BCUT2D eigenvalue weighted by Crippen LogP contribution is -2.25. The molecule has 4 heterocycles. The predicted octanol–water partition coefficient (Wildman–Crippen LogP) is 3.69. The van der Waals surface area contributed by atoms with Crippen LogP contribution in [0.25, 0.3) is 5.95 Å². The molecule has 6 nitrogen and oxygen atoms in total. The quantitative estimate of drug-likeness (QED) is 0.766. The smallest absolute Gasteiger partial charge is 0.252 e. The first-order valence-electron chi connectivity index (χ1n) is 8.77. The van der Waals surface area contributed by atoms with Gasteiger partial charge in [-0.2, -0.15) is 9.78 Å². The first-order valence-corrected chi connectivity index (χ1v) is 9.58. The second-order valence-electron chi connectivity index (χ2n) is 6.67. The zero-order chi connectivity index (χ0) is 18.4. The second kappa shape index (κ2) is 6.32. The van der Waals surface area contributed by atoms with Gasteiger partial charge in [0.15, 0.2) is 0 Å². The van der Waals surface area contributed by atoms with E-state index in [0.717, 1.165) is 29.1 Å². The molecule has 0 unspecified atom stereocenters. The molecule has 3 aromatic rings. The molecular weight excluding hydrogens is 346 g/mol. The number of nitrogens with zero attached hydrogens (tertiary/aromatic N) is 4. The molecule has 1 amide bonds. The van der Waals surface area contributed by atoms with Gasteiger partial charge in [-0.15, -0.1) is 11.3 Å². The minimum absolute atomic E-state index is 0.000488. The van der Waals surface area contributed by atoms with Crippen LogP contribution in [0, 0.1) is 20.8 Å². The molecule has 0 radical (unpaired) electrons. The maximum atomic E-state index is 12.4. The molecule has 0 saturated carbocycles. The van der Waals surface area contributed by atoms with Gasteiger partial charge >= 0.3 is 0 Å². The van der Waals surface area contributed by atoms with E-state index in [9.17, 15) is 4.79 Å². The summed E-state index contributed by atoms with van der Waals surface area (Å²) in [5.74, 6) is 1.22. The predicted molar refractivity (Wildman–Crippen MR) is 102 cm³/mol. The van der Waals surface area contributed by atoms with Crippen LogP contribution < -0.4 is 5.32 Å². The molecule has 0 aliphatic carbocycles. The minimum atomic E-state index is -0.000488. The monoisotopic (exact) mass is 367 g/mol. The fourth-order valence-corrected chi connectivity index (χ4v) is 4.57. The minimum Gasteiger partial charge on any atom is -0.310 e. The van der Waals surface area contributed by atoms with Gasteiger partial charge in [-0.05, 0) is 45.4 Å². The van der Waals surface area contributed by atoms with Gasteiger partial charge in [0.25, 0.3) is 5.95 Å². The van der Waals surface area contributed by atoms with Gasteiger partial charge in [0.05, 0.1) is 5.69 Å². The Morgan fingerprint density at radius 2 is 1.96 bits per heavy atom. The van der Waals surface area contributed by atoms with Crippen LogP contribution >= 0.6 is 11.3 Å². The first-order chi connectivity index (χ1) is 12.5. The molecule has 0 bridgehead atoms. The first kappa shape index (κ1) is 16.9. The Morgan fingerprint density at radius 3 is 2.62 bits per heavy atom. The molecule has 0 fully saturated rings. The highest BCUT2D eigenvalue weighted by molar-refractivity contribution is 7.12. The van der Waals surface area contributed by atoms with Gasteiger partial charge in [0.2, 0.25) is 5.91 Å². The third kappa shape index (κ3) is 2.82. The zero-order valence-electron chi connectivity index (χ0n) is 15.3. The maximum Gasteiger partial charge on any atom is 0.252 e. The van der Waals surface area contributed by atoms with Gasteiger partial charge in [-0.3, -0.25) is 4.79 Å². The Bertz CT molecular complexity index is 983. The number of hydrogen-bond acceptors (Lipinski definition) is 5. The van der Waals surface area contributed by atoms with Crippen LogP contribution in [0.3, 0.4) is 0 Å². The molecule has 1 atom stereocenters. The number of aryl methyl sites for hydroxylation is 4. The molecule has 1 aliphatic rings. The van der Waals surface area contributed by atoms with Crippen molar-refractivity contribution in [3.05, 3.63) is 50.6 Å².